The molecule has 0 saturated carbocycles. The number of pyridine rings is 1. The number of likely N-dealkylation sites (N-methyl/N-ethyl adjacent to an activating group) is 1. The van der Waals surface area contributed by atoms with Crippen molar-refractivity contribution in [1.82, 2.24) is 15.0 Å². The Bertz CT molecular complexity index is 616. The summed E-state index contributed by atoms with van der Waals surface area (Å²) in [5, 5.41) is 2.31. The fourth-order valence-electron chi connectivity index (χ4n) is 1.12. The van der Waals surface area contributed by atoms with Crippen LogP contribution in [0.1, 0.15) is 5.56 Å². The molecule has 0 spiro atoms. The van der Waals surface area contributed by atoms with E-state index in [1.807, 2.05) is 0 Å². The lowest BCUT2D eigenvalue weighted by molar-refractivity contribution is -0.119. The van der Waals surface area contributed by atoms with E-state index in [0.29, 0.717) is 5.56 Å². The van der Waals surface area contributed by atoms with Crippen LogP contribution in [0.5, 0.6) is 0 Å². The average Bonchev–Trinajstić information content (AvgIpc) is 2.43. The van der Waals surface area contributed by atoms with E-state index >= 15 is 0 Å². The third kappa shape index (κ3) is 4.67. The van der Waals surface area contributed by atoms with Crippen molar-refractivity contribution in [3.63, 3.8) is 0 Å². The lowest BCUT2D eigenvalue weighted by Gasteiger charge is -2.05. The van der Waals surface area contributed by atoms with Crippen molar-refractivity contribution >= 4 is 15.9 Å². The van der Waals surface area contributed by atoms with Crippen molar-refractivity contribution in [2.24, 2.45) is 5.73 Å². The van der Waals surface area contributed by atoms with E-state index in [4.69, 9.17) is 5.73 Å². The van der Waals surface area contributed by atoms with Gasteiger partial charge < -0.3 is 11.1 Å². The van der Waals surface area contributed by atoms with Gasteiger partial charge in [-0.1, -0.05) is 11.8 Å². The van der Waals surface area contributed by atoms with Gasteiger partial charge in [0, 0.05) is 25.0 Å². The summed E-state index contributed by atoms with van der Waals surface area (Å²) >= 11 is 0. The lowest BCUT2D eigenvalue weighted by atomic mass is 10.3. The number of amides is 1. The van der Waals surface area contributed by atoms with Crippen LogP contribution in [0.25, 0.3) is 0 Å². The first-order valence-electron chi connectivity index (χ1n) is 5.34. The summed E-state index contributed by atoms with van der Waals surface area (Å²) in [6.45, 7) is -0.163. The molecule has 1 amide bonds. The van der Waals surface area contributed by atoms with Crippen molar-refractivity contribution in [2.75, 3.05) is 20.1 Å². The smallest absolute Gasteiger partial charge is 0.242 e. The number of nitrogens with one attached hydrogen (secondary N) is 2. The van der Waals surface area contributed by atoms with E-state index < -0.39 is 15.9 Å². The summed E-state index contributed by atoms with van der Waals surface area (Å²) in [6.07, 6.45) is 2.61. The highest BCUT2D eigenvalue weighted by molar-refractivity contribution is 7.89. The number of sulfonamides is 1. The van der Waals surface area contributed by atoms with Crippen LogP contribution in [0.3, 0.4) is 0 Å². The third-order valence-corrected chi connectivity index (χ3v) is 3.43. The Labute approximate surface area is 111 Å². The second-order valence-corrected chi connectivity index (χ2v) is 5.18. The van der Waals surface area contributed by atoms with Crippen LogP contribution in [-0.2, 0) is 14.8 Å². The summed E-state index contributed by atoms with van der Waals surface area (Å²) in [5.74, 6) is 4.85. The van der Waals surface area contributed by atoms with Gasteiger partial charge in [0.05, 0.1) is 13.1 Å². The van der Waals surface area contributed by atoms with Crippen molar-refractivity contribution in [3.8, 4) is 11.8 Å². The van der Waals surface area contributed by atoms with Gasteiger partial charge in [-0.25, -0.2) is 13.1 Å². The number of nitrogens with two attached hydrogens (primary N) is 1. The minimum absolute atomic E-state index is 0.0553. The quantitative estimate of drug-likeness (QED) is 0.576. The fourth-order valence-corrected chi connectivity index (χ4v) is 2.09. The molecule has 1 aromatic heterocycles. The van der Waals surface area contributed by atoms with Gasteiger partial charge in [0.15, 0.2) is 0 Å². The summed E-state index contributed by atoms with van der Waals surface area (Å²) in [6, 6.07) is 1.36. The summed E-state index contributed by atoms with van der Waals surface area (Å²) in [7, 11) is -2.37. The molecular weight excluding hydrogens is 268 g/mol. The molecule has 0 aliphatic carbocycles. The molecule has 0 aliphatic heterocycles. The zero-order chi connectivity index (χ0) is 14.3. The molecule has 7 nitrogen and oxygen atoms in total. The minimum Gasteiger partial charge on any atom is -0.358 e. The third-order valence-electron chi connectivity index (χ3n) is 2.06. The first-order valence-corrected chi connectivity index (χ1v) is 6.82. The first kappa shape index (κ1) is 15.1. The molecule has 4 N–H and O–H groups in total. The Morgan fingerprint density at radius 2 is 2.21 bits per heavy atom. The molecule has 0 aliphatic rings. The Balaban J connectivity index is 2.92. The fraction of sp³-hybridized carbons (Fsp3) is 0.273. The predicted octanol–water partition coefficient (Wildman–Crippen LogP) is -1.58. The van der Waals surface area contributed by atoms with Gasteiger partial charge >= 0.3 is 0 Å². The van der Waals surface area contributed by atoms with Gasteiger partial charge in [0.25, 0.3) is 0 Å². The van der Waals surface area contributed by atoms with Gasteiger partial charge in [-0.15, -0.1) is 0 Å². The molecule has 0 saturated heterocycles. The maximum atomic E-state index is 11.9. The number of nitrogens with zero attached hydrogens (tertiary/aromatic N) is 1. The zero-order valence-corrected chi connectivity index (χ0v) is 11.1. The summed E-state index contributed by atoms with van der Waals surface area (Å²) in [5.41, 5.74) is 5.67. The van der Waals surface area contributed by atoms with Gasteiger partial charge in [0.2, 0.25) is 15.9 Å². The molecule has 1 aromatic rings. The zero-order valence-electron chi connectivity index (χ0n) is 10.3. The molecule has 1 rings (SSSR count). The molecule has 8 heteroatoms. The molecule has 0 aromatic carbocycles. The highest BCUT2D eigenvalue weighted by atomic mass is 32.2. The van der Waals surface area contributed by atoms with Gasteiger partial charge in [-0.2, -0.15) is 0 Å². The van der Waals surface area contributed by atoms with E-state index in [1.165, 1.54) is 25.5 Å². The van der Waals surface area contributed by atoms with Crippen molar-refractivity contribution < 1.29 is 13.2 Å². The lowest BCUT2D eigenvalue weighted by Crippen LogP contribution is -2.35. The monoisotopic (exact) mass is 282 g/mol. The highest BCUT2D eigenvalue weighted by Gasteiger charge is 2.15. The Hall–Kier alpha value is -1.95. The molecule has 19 heavy (non-hydrogen) atoms. The maximum Gasteiger partial charge on any atom is 0.242 e. The molecule has 0 radical (unpaired) electrons. The number of carbonyl (C=O) groups is 1. The maximum absolute atomic E-state index is 11.9. The van der Waals surface area contributed by atoms with E-state index in [1.54, 1.807) is 0 Å². The van der Waals surface area contributed by atoms with Crippen LogP contribution in [0.4, 0.5) is 0 Å². The molecule has 1 heterocycles. The first-order chi connectivity index (χ1) is 8.99. The van der Waals surface area contributed by atoms with Gasteiger partial charge in [-0.3, -0.25) is 9.78 Å². The highest BCUT2D eigenvalue weighted by Crippen LogP contribution is 2.08. The number of hydrogen-bond acceptors (Lipinski definition) is 5. The van der Waals surface area contributed by atoms with Crippen LogP contribution < -0.4 is 15.8 Å². The average molecular weight is 282 g/mol. The molecular formula is C11H14N4O3S. The normalized spacial score (nSPS) is 10.4. The molecule has 0 atom stereocenters. The predicted molar refractivity (Wildman–Crippen MR) is 69.4 cm³/mol. The Morgan fingerprint density at radius 3 is 2.84 bits per heavy atom. The van der Waals surface area contributed by atoms with E-state index in [2.05, 4.69) is 26.9 Å². The standard InChI is InChI=1S/C11H14N4O3S/c1-13-11(16)8-15-19(17,18)10-5-9(3-2-4-12)6-14-7-10/h5-7,15H,4,8,12H2,1H3,(H,13,16). The molecule has 102 valence electrons. The molecule has 0 unspecified atom stereocenters. The van der Waals surface area contributed by atoms with Crippen LogP contribution in [-0.4, -0.2) is 39.4 Å². The number of aromatic nitrogens is 1. The van der Waals surface area contributed by atoms with Crippen LogP contribution in [0, 0.1) is 11.8 Å². The number of hydrogen-bond donors (Lipinski definition) is 3. The number of carbonyl (C=O) groups excluding carboxylic acids is 1. The van der Waals surface area contributed by atoms with Crippen LogP contribution >= 0.6 is 0 Å². The van der Waals surface area contributed by atoms with Gasteiger partial charge in [0.1, 0.15) is 4.90 Å². The van der Waals surface area contributed by atoms with Crippen LogP contribution in [0.15, 0.2) is 23.4 Å². The summed E-state index contributed by atoms with van der Waals surface area (Å²) in [4.78, 5) is 14.7. The van der Waals surface area contributed by atoms with Crippen molar-refractivity contribution in [3.05, 3.63) is 24.0 Å². The van der Waals surface area contributed by atoms with E-state index in [-0.39, 0.29) is 18.0 Å². The SMILES string of the molecule is CNC(=O)CNS(=O)(=O)c1cncc(C#CCN)c1. The largest absolute Gasteiger partial charge is 0.358 e. The van der Waals surface area contributed by atoms with E-state index in [0.717, 1.165) is 0 Å². The number of rotatable bonds is 4. The topological polar surface area (TPSA) is 114 Å². The Morgan fingerprint density at radius 1 is 1.47 bits per heavy atom. The molecule has 0 bridgehead atoms. The van der Waals surface area contributed by atoms with Crippen molar-refractivity contribution in [2.45, 2.75) is 4.90 Å². The van der Waals surface area contributed by atoms with Crippen LogP contribution in [0.2, 0.25) is 0 Å². The second-order valence-electron chi connectivity index (χ2n) is 3.41. The van der Waals surface area contributed by atoms with Gasteiger partial charge in [-0.05, 0) is 6.07 Å². The molecule has 0 fully saturated rings. The van der Waals surface area contributed by atoms with E-state index in [9.17, 15) is 13.2 Å². The minimum atomic E-state index is -3.79. The van der Waals surface area contributed by atoms with Crippen molar-refractivity contribution in [1.29, 1.82) is 0 Å². The Kier molecular flexibility index (Phi) is 5.44. The second kappa shape index (κ2) is 6.84. The summed E-state index contributed by atoms with van der Waals surface area (Å²) < 4.78 is 25.9.